The van der Waals surface area contributed by atoms with Gasteiger partial charge in [-0.25, -0.2) is 0 Å². The molecule has 1 aromatic rings. The Hall–Kier alpha value is -1.22. The van der Waals surface area contributed by atoms with Crippen molar-refractivity contribution in [1.29, 1.82) is 0 Å². The van der Waals surface area contributed by atoms with E-state index in [9.17, 15) is 5.11 Å². The normalized spacial score (nSPS) is 10.6. The van der Waals surface area contributed by atoms with Crippen LogP contribution >= 0.6 is 0 Å². The van der Waals surface area contributed by atoms with Crippen molar-refractivity contribution in [3.8, 4) is 11.5 Å². The molecule has 3 nitrogen and oxygen atoms in total. The SMILES string of the molecule is COc1cccc(CO)c1OCCCC(C)C. The quantitative estimate of drug-likeness (QED) is 0.742. The van der Waals surface area contributed by atoms with Crippen LogP contribution in [-0.4, -0.2) is 18.8 Å². The van der Waals surface area contributed by atoms with E-state index in [1.165, 1.54) is 0 Å². The number of rotatable bonds is 7. The maximum Gasteiger partial charge on any atom is 0.166 e. The molecule has 0 heterocycles. The van der Waals surface area contributed by atoms with Crippen molar-refractivity contribution in [2.75, 3.05) is 13.7 Å². The summed E-state index contributed by atoms with van der Waals surface area (Å²) in [5.41, 5.74) is 0.772. The Kier molecular flexibility index (Phi) is 5.84. The molecule has 0 aliphatic heterocycles. The molecule has 1 N–H and O–H groups in total. The van der Waals surface area contributed by atoms with E-state index in [1.54, 1.807) is 7.11 Å². The first-order chi connectivity index (χ1) is 8.19. The average molecular weight is 238 g/mol. The summed E-state index contributed by atoms with van der Waals surface area (Å²) in [6, 6.07) is 5.54. The van der Waals surface area contributed by atoms with E-state index in [0.717, 1.165) is 18.4 Å². The Balaban J connectivity index is 2.61. The van der Waals surface area contributed by atoms with Gasteiger partial charge in [0.2, 0.25) is 0 Å². The van der Waals surface area contributed by atoms with Gasteiger partial charge >= 0.3 is 0 Å². The van der Waals surface area contributed by atoms with Crippen LogP contribution in [0.2, 0.25) is 0 Å². The Morgan fingerprint density at radius 2 is 2.06 bits per heavy atom. The second-order valence-electron chi connectivity index (χ2n) is 4.49. The summed E-state index contributed by atoms with van der Waals surface area (Å²) in [6.07, 6.45) is 2.16. The number of hydrogen-bond acceptors (Lipinski definition) is 3. The Morgan fingerprint density at radius 3 is 2.65 bits per heavy atom. The van der Waals surface area contributed by atoms with Gasteiger partial charge in [-0.1, -0.05) is 26.0 Å². The first kappa shape index (κ1) is 13.8. The van der Waals surface area contributed by atoms with Crippen molar-refractivity contribution in [2.24, 2.45) is 5.92 Å². The monoisotopic (exact) mass is 238 g/mol. The number of hydrogen-bond donors (Lipinski definition) is 1. The smallest absolute Gasteiger partial charge is 0.166 e. The van der Waals surface area contributed by atoms with Gasteiger partial charge in [0.25, 0.3) is 0 Å². The van der Waals surface area contributed by atoms with Crippen LogP contribution in [0.5, 0.6) is 11.5 Å². The topological polar surface area (TPSA) is 38.7 Å². The zero-order valence-corrected chi connectivity index (χ0v) is 10.9. The number of para-hydroxylation sites is 1. The van der Waals surface area contributed by atoms with Gasteiger partial charge < -0.3 is 14.6 Å². The highest BCUT2D eigenvalue weighted by Gasteiger charge is 2.09. The zero-order chi connectivity index (χ0) is 12.7. The third kappa shape index (κ3) is 4.27. The minimum Gasteiger partial charge on any atom is -0.493 e. The molecule has 3 heteroatoms. The molecule has 0 aliphatic carbocycles. The Morgan fingerprint density at radius 1 is 1.29 bits per heavy atom. The van der Waals surface area contributed by atoms with Crippen LogP contribution in [-0.2, 0) is 6.61 Å². The molecule has 0 atom stereocenters. The zero-order valence-electron chi connectivity index (χ0n) is 10.9. The number of aliphatic hydroxyl groups excluding tert-OH is 1. The van der Waals surface area contributed by atoms with E-state index in [-0.39, 0.29) is 6.61 Å². The summed E-state index contributed by atoms with van der Waals surface area (Å²) < 4.78 is 10.9. The summed E-state index contributed by atoms with van der Waals surface area (Å²) in [5, 5.41) is 9.25. The summed E-state index contributed by atoms with van der Waals surface area (Å²) in [7, 11) is 1.61. The first-order valence-corrected chi connectivity index (χ1v) is 6.08. The fraction of sp³-hybridized carbons (Fsp3) is 0.571. The fourth-order valence-corrected chi connectivity index (χ4v) is 1.68. The van der Waals surface area contributed by atoms with Crippen molar-refractivity contribution >= 4 is 0 Å². The van der Waals surface area contributed by atoms with Crippen LogP contribution in [0.3, 0.4) is 0 Å². The van der Waals surface area contributed by atoms with E-state index in [1.807, 2.05) is 18.2 Å². The number of methoxy groups -OCH3 is 1. The molecular formula is C14H22O3. The summed E-state index contributed by atoms with van der Waals surface area (Å²) in [5.74, 6) is 2.04. The van der Waals surface area contributed by atoms with Crippen LogP contribution in [0.1, 0.15) is 32.3 Å². The lowest BCUT2D eigenvalue weighted by Gasteiger charge is -2.14. The van der Waals surface area contributed by atoms with Crippen molar-refractivity contribution < 1.29 is 14.6 Å². The molecule has 0 spiro atoms. The molecule has 0 saturated heterocycles. The molecule has 0 fully saturated rings. The van der Waals surface area contributed by atoms with E-state index in [4.69, 9.17) is 9.47 Å². The Bertz CT molecular complexity index is 312. The fourth-order valence-electron chi connectivity index (χ4n) is 1.68. The highest BCUT2D eigenvalue weighted by molar-refractivity contribution is 5.46. The van der Waals surface area contributed by atoms with Crippen molar-refractivity contribution in [3.05, 3.63) is 23.8 Å². The summed E-state index contributed by atoms with van der Waals surface area (Å²) in [4.78, 5) is 0. The Labute approximate surface area is 103 Å². The van der Waals surface area contributed by atoms with E-state index >= 15 is 0 Å². The molecule has 1 aromatic carbocycles. The van der Waals surface area contributed by atoms with Gasteiger partial charge in [0.15, 0.2) is 11.5 Å². The number of aliphatic hydroxyl groups is 1. The lowest BCUT2D eigenvalue weighted by molar-refractivity contribution is 0.249. The van der Waals surface area contributed by atoms with E-state index in [2.05, 4.69) is 13.8 Å². The molecule has 0 saturated carbocycles. The average Bonchev–Trinajstić information content (AvgIpc) is 2.34. The predicted molar refractivity (Wildman–Crippen MR) is 68.5 cm³/mol. The number of benzene rings is 1. The molecule has 17 heavy (non-hydrogen) atoms. The minimum atomic E-state index is -0.0310. The highest BCUT2D eigenvalue weighted by Crippen LogP contribution is 2.31. The van der Waals surface area contributed by atoms with Crippen LogP contribution in [0.4, 0.5) is 0 Å². The molecule has 1 rings (SSSR count). The van der Waals surface area contributed by atoms with Gasteiger partial charge in [-0.15, -0.1) is 0 Å². The predicted octanol–water partition coefficient (Wildman–Crippen LogP) is 3.00. The third-order valence-corrected chi connectivity index (χ3v) is 2.62. The molecule has 0 amide bonds. The van der Waals surface area contributed by atoms with Gasteiger partial charge in [0.05, 0.1) is 20.3 Å². The highest BCUT2D eigenvalue weighted by atomic mass is 16.5. The molecular weight excluding hydrogens is 216 g/mol. The second-order valence-corrected chi connectivity index (χ2v) is 4.49. The van der Waals surface area contributed by atoms with E-state index in [0.29, 0.717) is 24.0 Å². The summed E-state index contributed by atoms with van der Waals surface area (Å²) in [6.45, 7) is 5.02. The largest absolute Gasteiger partial charge is 0.493 e. The van der Waals surface area contributed by atoms with Crippen molar-refractivity contribution in [1.82, 2.24) is 0 Å². The molecule has 0 aliphatic rings. The van der Waals surface area contributed by atoms with Crippen LogP contribution in [0, 0.1) is 5.92 Å². The second kappa shape index (κ2) is 7.17. The molecule has 0 bridgehead atoms. The molecule has 96 valence electrons. The van der Waals surface area contributed by atoms with Crippen LogP contribution < -0.4 is 9.47 Å². The van der Waals surface area contributed by atoms with Gasteiger partial charge in [0.1, 0.15) is 0 Å². The van der Waals surface area contributed by atoms with Crippen LogP contribution in [0.25, 0.3) is 0 Å². The lowest BCUT2D eigenvalue weighted by Crippen LogP contribution is -2.03. The van der Waals surface area contributed by atoms with Crippen molar-refractivity contribution in [2.45, 2.75) is 33.3 Å². The van der Waals surface area contributed by atoms with Crippen molar-refractivity contribution in [3.63, 3.8) is 0 Å². The molecule has 0 unspecified atom stereocenters. The molecule has 0 aromatic heterocycles. The summed E-state index contributed by atoms with van der Waals surface area (Å²) >= 11 is 0. The maximum absolute atomic E-state index is 9.25. The van der Waals surface area contributed by atoms with Gasteiger partial charge in [-0.05, 0) is 24.8 Å². The molecule has 0 radical (unpaired) electrons. The minimum absolute atomic E-state index is 0.0310. The van der Waals surface area contributed by atoms with E-state index < -0.39 is 0 Å². The van der Waals surface area contributed by atoms with Gasteiger partial charge in [-0.3, -0.25) is 0 Å². The van der Waals surface area contributed by atoms with Gasteiger partial charge in [0, 0.05) is 5.56 Å². The maximum atomic E-state index is 9.25. The lowest BCUT2D eigenvalue weighted by atomic mass is 10.1. The number of ether oxygens (including phenoxy) is 2. The first-order valence-electron chi connectivity index (χ1n) is 6.08. The van der Waals surface area contributed by atoms with Crippen LogP contribution in [0.15, 0.2) is 18.2 Å². The standard InChI is InChI=1S/C14H22O3/c1-11(2)6-5-9-17-14-12(10-15)7-4-8-13(14)16-3/h4,7-8,11,15H,5-6,9-10H2,1-3H3. The third-order valence-electron chi connectivity index (χ3n) is 2.62. The van der Waals surface area contributed by atoms with Gasteiger partial charge in [-0.2, -0.15) is 0 Å².